The van der Waals surface area contributed by atoms with Crippen LogP contribution in [0.4, 0.5) is 0 Å². The molecule has 3 aliphatic heterocycles. The highest BCUT2D eigenvalue weighted by atomic mass is 16.2. The van der Waals surface area contributed by atoms with Gasteiger partial charge < -0.3 is 69.2 Å². The Morgan fingerprint density at radius 2 is 1.36 bits per heavy atom. The van der Waals surface area contributed by atoms with Crippen LogP contribution in [-0.4, -0.2) is 154 Å². The van der Waals surface area contributed by atoms with Crippen LogP contribution < -0.4 is 54.4 Å². The van der Waals surface area contributed by atoms with Crippen molar-refractivity contribution in [2.24, 2.45) is 22.2 Å². The summed E-state index contributed by atoms with van der Waals surface area (Å²) in [5.74, 6) is -6.99. The third-order valence-corrected chi connectivity index (χ3v) is 14.3. The number of primary amides is 1. The number of aromatic amines is 1. The van der Waals surface area contributed by atoms with Crippen LogP contribution in [0.15, 0.2) is 65.8 Å². The largest absolute Gasteiger partial charge is 0.370 e. The fourth-order valence-electron chi connectivity index (χ4n) is 10.3. The lowest BCUT2D eigenvalue weighted by molar-refractivity contribution is -0.143. The minimum Gasteiger partial charge on any atom is -0.370 e. The zero-order chi connectivity index (χ0) is 56.3. The number of nitrogens with two attached hydrogens (primary N) is 3. The van der Waals surface area contributed by atoms with Crippen LogP contribution in [-0.2, 0) is 60.8 Å². The second-order valence-corrected chi connectivity index (χ2v) is 20.2. The summed E-state index contributed by atoms with van der Waals surface area (Å²) in [6.07, 6.45) is 4.67. The van der Waals surface area contributed by atoms with Gasteiger partial charge in [-0.2, -0.15) is 0 Å². The molecule has 10 amide bonds. The van der Waals surface area contributed by atoms with Crippen molar-refractivity contribution in [3.8, 4) is 0 Å². The molecule has 0 aliphatic carbocycles. The molecule has 24 heteroatoms. The van der Waals surface area contributed by atoms with E-state index in [0.717, 1.165) is 10.9 Å². The van der Waals surface area contributed by atoms with Crippen molar-refractivity contribution in [1.29, 1.82) is 0 Å². The second-order valence-electron chi connectivity index (χ2n) is 20.2. The number of nitrogens with one attached hydrogen (secondary N) is 8. The highest BCUT2D eigenvalue weighted by Gasteiger charge is 2.42. The third kappa shape index (κ3) is 16.7. The molecule has 4 heterocycles. The van der Waals surface area contributed by atoms with E-state index >= 15 is 0 Å². The van der Waals surface area contributed by atoms with E-state index in [-0.39, 0.29) is 83.5 Å². The lowest BCUT2D eigenvalue weighted by Crippen LogP contribution is -2.60. The Morgan fingerprint density at radius 3 is 2.04 bits per heavy atom. The summed E-state index contributed by atoms with van der Waals surface area (Å²) in [7, 11) is 0. The number of para-hydroxylation sites is 1. The molecule has 3 fully saturated rings. The first-order chi connectivity index (χ1) is 37.4. The van der Waals surface area contributed by atoms with Gasteiger partial charge in [-0.3, -0.25) is 52.9 Å². The predicted molar refractivity (Wildman–Crippen MR) is 289 cm³/mol. The van der Waals surface area contributed by atoms with Gasteiger partial charge in [0.1, 0.15) is 48.3 Å². The number of rotatable bonds is 15. The summed E-state index contributed by atoms with van der Waals surface area (Å²) >= 11 is 0. The molecule has 422 valence electrons. The fourth-order valence-corrected chi connectivity index (χ4v) is 10.3. The number of guanidine groups is 1. The number of carbonyl (C=O) groups excluding carboxylic acids is 10. The molecule has 3 aliphatic rings. The van der Waals surface area contributed by atoms with Gasteiger partial charge in [-0.15, -0.1) is 0 Å². The monoisotopic (exact) mass is 1080 g/mol. The number of unbranched alkanes of at least 4 members (excludes halogenated alkanes) is 1. The quantitative estimate of drug-likeness (QED) is 0.0511. The SMILES string of the molecule is CCCC[C@H](NC(C)=O)C(=O)N[C@H]1CC(=O)NCCCC[C@@H](C(N)=O)NC(=O)[C@@H]2CCCN2C(=O)[C@H](Cc2c[nH]c3ccccc23)NC(=O)[C@H](CCCN=C(N)N)NC(=O)[C@@H](Cc2ccccc2)NC(=O)[C@@H]2CCCN2C1=O. The Bertz CT molecular complexity index is 2660. The number of carbonyl (C=O) groups is 10. The smallest absolute Gasteiger partial charge is 0.246 e. The Kier molecular flexibility index (Phi) is 21.9. The number of amides is 10. The first kappa shape index (κ1) is 59.2. The Labute approximate surface area is 453 Å². The molecule has 0 saturated carbocycles. The average molecular weight is 1080 g/mol. The number of aromatic nitrogens is 1. The third-order valence-electron chi connectivity index (χ3n) is 14.3. The van der Waals surface area contributed by atoms with Crippen LogP contribution in [0.3, 0.4) is 0 Å². The molecule has 78 heavy (non-hydrogen) atoms. The molecular formula is C54H76N14O10. The van der Waals surface area contributed by atoms with Crippen LogP contribution in [0.2, 0.25) is 0 Å². The first-order valence-electron chi connectivity index (χ1n) is 27.0. The molecule has 0 spiro atoms. The lowest BCUT2D eigenvalue weighted by atomic mass is 10.0. The minimum atomic E-state index is -1.49. The number of benzene rings is 2. The van der Waals surface area contributed by atoms with E-state index < -0.39 is 114 Å². The Morgan fingerprint density at radius 1 is 0.718 bits per heavy atom. The van der Waals surface area contributed by atoms with Gasteiger partial charge in [-0.25, -0.2) is 0 Å². The van der Waals surface area contributed by atoms with Gasteiger partial charge in [0.15, 0.2) is 5.96 Å². The fraction of sp³-hybridized carbons (Fsp3) is 0.537. The van der Waals surface area contributed by atoms with Gasteiger partial charge in [0, 0.05) is 63.0 Å². The first-order valence-corrected chi connectivity index (χ1v) is 27.0. The van der Waals surface area contributed by atoms with Crippen molar-refractivity contribution in [2.75, 3.05) is 26.2 Å². The van der Waals surface area contributed by atoms with Crippen molar-refractivity contribution >= 4 is 75.9 Å². The van der Waals surface area contributed by atoms with Gasteiger partial charge >= 0.3 is 0 Å². The molecule has 0 radical (unpaired) electrons. The Balaban J connectivity index is 1.37. The number of hydrogen-bond donors (Lipinski definition) is 11. The summed E-state index contributed by atoms with van der Waals surface area (Å²) in [5, 5.41) is 20.1. The topological polar surface area (TPSA) is 368 Å². The second kappa shape index (κ2) is 28.9. The molecule has 0 unspecified atom stereocenters. The Hall–Kier alpha value is -8.05. The molecule has 3 aromatic rings. The minimum absolute atomic E-state index is 0.0306. The standard InChI is InChI=1S/C54H76N14O10/c1-3-4-18-38(61-32(2)69)47(72)66-42-30-45(70)58-24-11-10-20-37(46(55)71)62-50(75)43-22-13-26-67(43)52(77)41(29-34-31-60-36-19-9-8-17-35(34)36)65-48(73)39(21-12-25-59-54(56)57)63-49(74)40(28-33-15-6-5-7-16-33)64-51(76)44-23-14-27-68(44)53(42)78/h5-9,15-17,19,31,37-44,60H,3-4,10-14,18,20-30H2,1-2H3,(H2,55,71)(H,58,70)(H,61,69)(H,62,75)(H,63,74)(H,64,76)(H,65,73)(H,66,72)(H4,56,57,59)/t37-,38-,39-,40+,41-,42-,43-,44-/m0/s1. The van der Waals surface area contributed by atoms with E-state index in [4.69, 9.17) is 17.2 Å². The summed E-state index contributed by atoms with van der Waals surface area (Å²) in [6, 6.07) is 6.42. The van der Waals surface area contributed by atoms with E-state index in [1.165, 1.54) is 16.7 Å². The van der Waals surface area contributed by atoms with Crippen LogP contribution >= 0.6 is 0 Å². The molecule has 14 N–H and O–H groups in total. The van der Waals surface area contributed by atoms with Crippen LogP contribution in [0, 0.1) is 0 Å². The zero-order valence-corrected chi connectivity index (χ0v) is 44.5. The van der Waals surface area contributed by atoms with Crippen LogP contribution in [0.1, 0.15) is 108 Å². The number of hydrogen-bond acceptors (Lipinski definition) is 11. The summed E-state index contributed by atoms with van der Waals surface area (Å²) in [4.78, 5) is 150. The van der Waals surface area contributed by atoms with Crippen molar-refractivity contribution in [3.63, 3.8) is 0 Å². The van der Waals surface area contributed by atoms with E-state index in [1.807, 2.05) is 31.2 Å². The van der Waals surface area contributed by atoms with Crippen molar-refractivity contribution in [1.82, 2.24) is 52.0 Å². The van der Waals surface area contributed by atoms with Crippen LogP contribution in [0.25, 0.3) is 10.9 Å². The highest BCUT2D eigenvalue weighted by molar-refractivity contribution is 5.99. The maximum atomic E-state index is 14.9. The average Bonchev–Trinajstić information content (AvgIpc) is 4.23. The maximum Gasteiger partial charge on any atom is 0.246 e. The molecule has 6 rings (SSSR count). The van der Waals surface area contributed by atoms with E-state index in [1.54, 1.807) is 36.5 Å². The number of H-pyrrole nitrogens is 1. The molecular weight excluding hydrogens is 1000 g/mol. The number of nitrogens with zero attached hydrogens (tertiary/aromatic N) is 3. The molecule has 24 nitrogen and oxygen atoms in total. The van der Waals surface area contributed by atoms with Crippen molar-refractivity contribution in [2.45, 2.75) is 158 Å². The maximum absolute atomic E-state index is 14.9. The normalized spacial score (nSPS) is 23.9. The molecule has 1 aromatic heterocycles. The predicted octanol–water partition coefficient (Wildman–Crippen LogP) is -0.717. The molecule has 2 aromatic carbocycles. The van der Waals surface area contributed by atoms with E-state index in [0.29, 0.717) is 49.7 Å². The zero-order valence-electron chi connectivity index (χ0n) is 44.5. The summed E-state index contributed by atoms with van der Waals surface area (Å²) < 4.78 is 0. The number of fused-ring (bicyclic) bond motifs is 3. The van der Waals surface area contributed by atoms with Crippen molar-refractivity contribution in [3.05, 3.63) is 71.9 Å². The van der Waals surface area contributed by atoms with Gasteiger partial charge in [-0.1, -0.05) is 68.3 Å². The van der Waals surface area contributed by atoms with Crippen LogP contribution in [0.5, 0.6) is 0 Å². The summed E-state index contributed by atoms with van der Waals surface area (Å²) in [5.41, 5.74) is 19.1. The lowest BCUT2D eigenvalue weighted by Gasteiger charge is -2.31. The molecule has 8 atom stereocenters. The molecule has 3 saturated heterocycles. The van der Waals surface area contributed by atoms with Gasteiger partial charge in [-0.05, 0) is 81.4 Å². The van der Waals surface area contributed by atoms with Gasteiger partial charge in [0.2, 0.25) is 59.1 Å². The van der Waals surface area contributed by atoms with Gasteiger partial charge in [0.05, 0.1) is 6.42 Å². The number of aliphatic imine (C=N–C) groups is 1. The molecule has 0 bridgehead atoms. The van der Waals surface area contributed by atoms with Gasteiger partial charge in [0.25, 0.3) is 0 Å². The highest BCUT2D eigenvalue weighted by Crippen LogP contribution is 2.25. The van der Waals surface area contributed by atoms with E-state index in [2.05, 4.69) is 47.2 Å². The summed E-state index contributed by atoms with van der Waals surface area (Å²) in [6.45, 7) is 3.54. The van der Waals surface area contributed by atoms with Crippen molar-refractivity contribution < 1.29 is 47.9 Å². The van der Waals surface area contributed by atoms with E-state index in [9.17, 15) is 47.9 Å².